The fourth-order valence-electron chi connectivity index (χ4n) is 2.07. The van der Waals surface area contributed by atoms with Gasteiger partial charge in [0.15, 0.2) is 5.67 Å². The van der Waals surface area contributed by atoms with E-state index < -0.39 is 54.8 Å². The predicted molar refractivity (Wildman–Crippen MR) is 43.8 cm³/mol. The van der Waals surface area contributed by atoms with Crippen molar-refractivity contribution in [1.29, 1.82) is 0 Å². The Balaban J connectivity index is 3.93. The Bertz CT molecular complexity index is 412. The fraction of sp³-hybridized carbons (Fsp3) is 1.00. The van der Waals surface area contributed by atoms with Gasteiger partial charge < -0.3 is 0 Å². The first kappa shape index (κ1) is 18.2. The van der Waals surface area contributed by atoms with Gasteiger partial charge in [-0.3, -0.25) is 0 Å². The molecule has 0 radical (unpaired) electrons. The highest BCUT2D eigenvalue weighted by Gasteiger charge is 3.01. The minimum Gasteiger partial charge on any atom is -0.236 e. The summed E-state index contributed by atoms with van der Waals surface area (Å²) in [6.45, 7) is -1.74. The molecule has 0 bridgehead atoms. The molecule has 0 spiro atoms. The van der Waals surface area contributed by atoms with E-state index in [0.717, 1.165) is 0 Å². The molecular weight excluding hydrogens is 336 g/mol. The largest absolute Gasteiger partial charge is 0.432 e. The maximum absolute atomic E-state index is 13.8. The second kappa shape index (κ2) is 3.73. The van der Waals surface area contributed by atoms with Gasteiger partial charge in [0.25, 0.3) is 0 Å². The quantitative estimate of drug-likeness (QED) is 0.563. The van der Waals surface area contributed by atoms with Gasteiger partial charge in [0.05, 0.1) is 0 Å². The molecule has 1 fully saturated rings. The van der Waals surface area contributed by atoms with Gasteiger partial charge in [-0.15, -0.1) is 0 Å². The summed E-state index contributed by atoms with van der Waals surface area (Å²) in [6.07, 6.45) is -7.09. The third-order valence-corrected chi connectivity index (χ3v) is 3.73. The first-order chi connectivity index (χ1) is 8.75. The average Bonchev–Trinajstić information content (AvgIpc) is 2.23. The molecule has 0 aromatic heterocycles. The van der Waals surface area contributed by atoms with E-state index in [4.69, 9.17) is 0 Å². The topological polar surface area (TPSA) is 0 Å². The highest BCUT2D eigenvalue weighted by Crippen LogP contribution is 2.71. The van der Waals surface area contributed by atoms with Crippen molar-refractivity contribution in [2.45, 2.75) is 54.8 Å². The molecule has 1 rings (SSSR count). The van der Waals surface area contributed by atoms with Crippen LogP contribution >= 0.6 is 0 Å². The monoisotopic (exact) mass is 342 g/mol. The van der Waals surface area contributed by atoms with Crippen molar-refractivity contribution in [3.8, 4) is 0 Å². The molecule has 0 amide bonds. The summed E-state index contributed by atoms with van der Waals surface area (Å²) in [7, 11) is 0. The minimum atomic E-state index is -7.25. The van der Waals surface area contributed by atoms with Gasteiger partial charge in [0, 0.05) is 0 Å². The van der Waals surface area contributed by atoms with Gasteiger partial charge in [-0.1, -0.05) is 0 Å². The first-order valence-electron chi connectivity index (χ1n) is 5.02. The molecule has 126 valence electrons. The minimum absolute atomic E-state index is 0.837. The standard InChI is InChI=1S/C9H6F12/c1-3(10)4(2,11)6(13,14)8(17,18)7(15,16)5(3,12)9(19,20)21/h1-2H3/t3-,4?,5?/m0/s1. The van der Waals surface area contributed by atoms with Gasteiger partial charge >= 0.3 is 29.6 Å². The second-order valence-corrected chi connectivity index (χ2v) is 4.89. The summed E-state index contributed by atoms with van der Waals surface area (Å²) in [5.41, 5.74) is -18.1. The number of hydrogen-bond donors (Lipinski definition) is 0. The lowest BCUT2D eigenvalue weighted by molar-refractivity contribution is -0.472. The lowest BCUT2D eigenvalue weighted by atomic mass is 9.61. The summed E-state index contributed by atoms with van der Waals surface area (Å²) in [5, 5.41) is 0. The molecular formula is C9H6F12. The molecule has 1 aliphatic carbocycles. The van der Waals surface area contributed by atoms with Crippen molar-refractivity contribution in [2.75, 3.05) is 0 Å². The first-order valence-corrected chi connectivity index (χ1v) is 5.02. The molecule has 0 nitrogen and oxygen atoms in total. The lowest BCUT2D eigenvalue weighted by Crippen LogP contribution is -2.87. The third kappa shape index (κ3) is 1.46. The molecule has 21 heavy (non-hydrogen) atoms. The Morgan fingerprint density at radius 1 is 0.524 bits per heavy atom. The van der Waals surface area contributed by atoms with Crippen molar-refractivity contribution in [1.82, 2.24) is 0 Å². The fourth-order valence-corrected chi connectivity index (χ4v) is 2.07. The van der Waals surface area contributed by atoms with E-state index >= 15 is 0 Å². The van der Waals surface area contributed by atoms with Crippen molar-refractivity contribution >= 4 is 0 Å². The van der Waals surface area contributed by atoms with Crippen LogP contribution in [-0.2, 0) is 0 Å². The van der Waals surface area contributed by atoms with E-state index in [-0.39, 0.29) is 0 Å². The Kier molecular flexibility index (Phi) is 3.23. The zero-order valence-corrected chi connectivity index (χ0v) is 10.0. The zero-order chi connectivity index (χ0) is 17.5. The van der Waals surface area contributed by atoms with E-state index in [9.17, 15) is 52.7 Å². The van der Waals surface area contributed by atoms with E-state index in [1.54, 1.807) is 0 Å². The molecule has 1 aliphatic rings. The van der Waals surface area contributed by atoms with Crippen LogP contribution in [0.1, 0.15) is 13.8 Å². The van der Waals surface area contributed by atoms with Crippen molar-refractivity contribution in [2.24, 2.45) is 0 Å². The Labute approximate surface area is 109 Å². The normalized spacial score (nSPS) is 45.4. The number of hydrogen-bond acceptors (Lipinski definition) is 0. The number of rotatable bonds is 0. The highest BCUT2D eigenvalue weighted by molar-refractivity contribution is 5.32. The maximum Gasteiger partial charge on any atom is 0.432 e. The van der Waals surface area contributed by atoms with Crippen LogP contribution in [0.25, 0.3) is 0 Å². The smallest absolute Gasteiger partial charge is 0.236 e. The predicted octanol–water partition coefficient (Wildman–Crippen LogP) is 4.63. The molecule has 2 unspecified atom stereocenters. The van der Waals surface area contributed by atoms with E-state index in [1.165, 1.54) is 0 Å². The van der Waals surface area contributed by atoms with Crippen LogP contribution in [0.4, 0.5) is 52.7 Å². The van der Waals surface area contributed by atoms with Crippen LogP contribution < -0.4 is 0 Å². The summed E-state index contributed by atoms with van der Waals surface area (Å²) < 4.78 is 157. The summed E-state index contributed by atoms with van der Waals surface area (Å²) in [4.78, 5) is 0. The van der Waals surface area contributed by atoms with Crippen LogP contribution in [-0.4, -0.2) is 41.0 Å². The summed E-state index contributed by atoms with van der Waals surface area (Å²) in [5.74, 6) is -21.0. The Morgan fingerprint density at radius 3 is 1.14 bits per heavy atom. The summed E-state index contributed by atoms with van der Waals surface area (Å²) in [6, 6.07) is 0. The maximum atomic E-state index is 13.8. The van der Waals surface area contributed by atoms with E-state index in [2.05, 4.69) is 0 Å². The molecule has 3 atom stereocenters. The van der Waals surface area contributed by atoms with Crippen molar-refractivity contribution in [3.05, 3.63) is 0 Å². The molecule has 0 saturated heterocycles. The average molecular weight is 342 g/mol. The molecule has 0 N–H and O–H groups in total. The molecule has 0 aromatic carbocycles. The Hall–Kier alpha value is -0.840. The van der Waals surface area contributed by atoms with Gasteiger partial charge in [-0.05, 0) is 13.8 Å². The van der Waals surface area contributed by atoms with E-state index in [0.29, 0.717) is 0 Å². The van der Waals surface area contributed by atoms with Crippen molar-refractivity contribution < 1.29 is 52.7 Å². The van der Waals surface area contributed by atoms with Gasteiger partial charge in [-0.2, -0.15) is 39.5 Å². The summed E-state index contributed by atoms with van der Waals surface area (Å²) >= 11 is 0. The van der Waals surface area contributed by atoms with Crippen LogP contribution in [0.15, 0.2) is 0 Å². The molecule has 0 aromatic rings. The zero-order valence-electron chi connectivity index (χ0n) is 10.0. The highest BCUT2D eigenvalue weighted by atomic mass is 19.4. The van der Waals surface area contributed by atoms with Gasteiger partial charge in [-0.25, -0.2) is 13.2 Å². The number of halogens is 12. The Morgan fingerprint density at radius 2 is 0.857 bits per heavy atom. The lowest BCUT2D eigenvalue weighted by Gasteiger charge is -2.56. The van der Waals surface area contributed by atoms with Crippen LogP contribution in [0.2, 0.25) is 0 Å². The molecule has 0 aliphatic heterocycles. The van der Waals surface area contributed by atoms with Crippen molar-refractivity contribution in [3.63, 3.8) is 0 Å². The SMILES string of the molecule is CC1(F)C(F)(F)C(F)(F)C(F)(F)C(F)(C(F)(F)F)[C@@]1(C)F. The van der Waals surface area contributed by atoms with Gasteiger partial charge in [0.2, 0.25) is 5.67 Å². The molecule has 12 heteroatoms. The third-order valence-electron chi connectivity index (χ3n) is 3.73. The second-order valence-electron chi connectivity index (χ2n) is 4.89. The van der Waals surface area contributed by atoms with E-state index in [1.807, 2.05) is 0 Å². The number of alkyl halides is 12. The van der Waals surface area contributed by atoms with Crippen LogP contribution in [0, 0.1) is 0 Å². The molecule has 0 heterocycles. The van der Waals surface area contributed by atoms with Gasteiger partial charge in [0.1, 0.15) is 0 Å². The van der Waals surface area contributed by atoms with Crippen LogP contribution in [0.3, 0.4) is 0 Å². The molecule has 1 saturated carbocycles. The van der Waals surface area contributed by atoms with Crippen LogP contribution in [0.5, 0.6) is 0 Å².